The molecule has 0 radical (unpaired) electrons. The van der Waals surface area contributed by atoms with Crippen LogP contribution >= 0.6 is 139 Å². The molecule has 0 aliphatic heterocycles. The van der Waals surface area contributed by atoms with Crippen LogP contribution in [-0.2, 0) is 57.2 Å². The third-order valence-electron chi connectivity index (χ3n) is 16.3. The normalized spacial score (nSPS) is 23.5. The van der Waals surface area contributed by atoms with Crippen molar-refractivity contribution < 1.29 is 76.4 Å². The molecule has 2 aromatic heterocycles. The van der Waals surface area contributed by atoms with Gasteiger partial charge in [-0.15, -0.1) is 0 Å². The van der Waals surface area contributed by atoms with Crippen molar-refractivity contribution in [1.29, 1.82) is 0 Å². The van der Waals surface area contributed by atoms with Crippen LogP contribution in [0.15, 0.2) is 60.9 Å². The summed E-state index contributed by atoms with van der Waals surface area (Å²) in [7, 11) is 2.94. The fraction of sp³-hybridized carbons (Fsp3) is 0.536. The summed E-state index contributed by atoms with van der Waals surface area (Å²) in [5.41, 5.74) is 0.308. The number of esters is 4. The molecule has 2 aromatic carbocycles. The molecule has 0 spiro atoms. The summed E-state index contributed by atoms with van der Waals surface area (Å²) in [6.07, 6.45) is -1.38. The Morgan fingerprint density at radius 1 is 0.473 bits per heavy atom. The van der Waals surface area contributed by atoms with Gasteiger partial charge in [0.1, 0.15) is 50.7 Å². The third kappa shape index (κ3) is 18.2. The molecule has 4 fully saturated rings. The molecule has 4 aromatic rings. The SMILES string of the molecule is CNC(CCNC(=O)C1C2CC(OC(=O)c3cn(C(=O)OCC(Cl)(Cl)Cl)c4ccccc34)C(C2)C1C(=O)NC(=O)C1C2CC(CC2OC(=O)c2cn(C(=O)OCC(Cl)(Cl)Cl)c3ccccc23)C1C(=O)NCCC(NC)C(=O)OCC(Cl)(Cl)Cl)C(=O)OCC(Cl)(Cl)Cl. The maximum absolute atomic E-state index is 15.2. The second kappa shape index (κ2) is 30.3. The van der Waals surface area contributed by atoms with Gasteiger partial charge in [0.15, 0.2) is 0 Å². The number of carbonyl (C=O) groups is 10. The number of hydrogen-bond acceptors (Lipinski definition) is 18. The number of carbonyl (C=O) groups excluding carboxylic acids is 10. The zero-order valence-corrected chi connectivity index (χ0v) is 56.7. The predicted octanol–water partition coefficient (Wildman–Crippen LogP) is 9.26. The van der Waals surface area contributed by atoms with Crippen molar-refractivity contribution in [2.75, 3.05) is 53.6 Å². The second-order valence-electron chi connectivity index (χ2n) is 22.1. The van der Waals surface area contributed by atoms with Crippen LogP contribution in [0.25, 0.3) is 21.8 Å². The summed E-state index contributed by atoms with van der Waals surface area (Å²) in [6.45, 7) is -2.67. The summed E-state index contributed by atoms with van der Waals surface area (Å²) in [4.78, 5) is 140. The Morgan fingerprint density at radius 3 is 1.15 bits per heavy atom. The lowest BCUT2D eigenvalue weighted by Gasteiger charge is -2.36. The van der Waals surface area contributed by atoms with Crippen molar-refractivity contribution in [3.8, 4) is 0 Å². The monoisotopic (exact) mass is 1500 g/mol. The summed E-state index contributed by atoms with van der Waals surface area (Å²) in [6, 6.07) is 10.7. The molecule has 12 atom stereocenters. The fourth-order valence-corrected chi connectivity index (χ4v) is 13.3. The number of aromatic nitrogens is 2. The van der Waals surface area contributed by atoms with Gasteiger partial charge in [0.05, 0.1) is 45.8 Å². The van der Waals surface area contributed by atoms with Gasteiger partial charge in [-0.1, -0.05) is 176 Å². The van der Waals surface area contributed by atoms with Crippen molar-refractivity contribution in [3.05, 3.63) is 72.1 Å². The number of fused-ring (bicyclic) bond motifs is 6. The van der Waals surface area contributed by atoms with Crippen LogP contribution in [0.3, 0.4) is 0 Å². The largest absolute Gasteiger partial charge is 0.460 e. The third-order valence-corrected chi connectivity index (χ3v) is 17.6. The van der Waals surface area contributed by atoms with E-state index in [0.29, 0.717) is 0 Å². The highest BCUT2D eigenvalue weighted by molar-refractivity contribution is 6.69. The number of benzene rings is 2. The molecule has 4 amide bonds. The Bertz CT molecular complexity index is 3220. The number of nitrogens with one attached hydrogen (secondary N) is 5. The molecule has 2 heterocycles. The predicted molar refractivity (Wildman–Crippen MR) is 339 cm³/mol. The van der Waals surface area contributed by atoms with E-state index in [1.807, 2.05) is 0 Å². The number of imide groups is 1. The maximum Gasteiger partial charge on any atom is 0.418 e. The first-order chi connectivity index (χ1) is 42.7. The molecule has 4 aliphatic rings. The van der Waals surface area contributed by atoms with Crippen LogP contribution in [0.2, 0.25) is 0 Å². The molecule has 23 nitrogen and oxygen atoms in total. The number of alkyl halides is 12. The zero-order chi connectivity index (χ0) is 66.7. The minimum Gasteiger partial charge on any atom is -0.460 e. The topological polar surface area (TPSA) is 296 Å². The standard InChI is InChI=1S/C56H57Cl12N7O16/c1-69-33(49(82)86-21-53(57,58)59)11-13-71-43(76)39-25-15-29(37(17-25)90-47(80)31-19-74(35-9-5-3-7-27(31)35)51(84)88-23-55(63,64)65)41(39)45(78)73-46(79)42-30-16-26(40(42)44(77)72-14-12-34(70-2)50(83)87-22-54(60,61)62)18-38(30)91-48(81)32-20-75(36-10-6-4-8-28(32)36)52(85)89-24-56(66,67)68/h3-10,19-20,25-26,29-30,33-34,37-42,69-70H,11-18,21-24H2,1-2H3,(H,71,76)(H,72,77)(H,73,78,79). The number of para-hydroxylation sites is 2. The average Bonchev–Trinajstić information content (AvgIpc) is 1.62. The van der Waals surface area contributed by atoms with Crippen LogP contribution in [0.1, 0.15) is 59.2 Å². The van der Waals surface area contributed by atoms with E-state index in [9.17, 15) is 38.4 Å². The molecule has 4 saturated carbocycles. The number of halogens is 12. The summed E-state index contributed by atoms with van der Waals surface area (Å²) < 4.78 is 27.3. The second-order valence-corrected chi connectivity index (χ2v) is 32.2. The van der Waals surface area contributed by atoms with Gasteiger partial charge in [0, 0.05) is 48.1 Å². The van der Waals surface area contributed by atoms with E-state index in [2.05, 4.69) is 26.6 Å². The van der Waals surface area contributed by atoms with Gasteiger partial charge in [0.25, 0.3) is 0 Å². The number of hydrogen-bond donors (Lipinski definition) is 5. The minimum atomic E-state index is -1.96. The molecule has 5 N–H and O–H groups in total. The number of ether oxygens (including phenoxy) is 6. The van der Waals surface area contributed by atoms with Gasteiger partial charge in [-0.05, 0) is 76.6 Å². The van der Waals surface area contributed by atoms with E-state index < -0.39 is 173 Å². The van der Waals surface area contributed by atoms with Crippen LogP contribution in [-0.4, -0.2) is 162 Å². The van der Waals surface area contributed by atoms with Crippen LogP contribution in [0.5, 0.6) is 0 Å². The molecule has 0 saturated heterocycles. The lowest BCUT2D eigenvalue weighted by molar-refractivity contribution is -0.147. The van der Waals surface area contributed by atoms with Crippen LogP contribution < -0.4 is 26.6 Å². The number of likely N-dealkylation sites (N-methyl/N-ethyl adjacent to an activating group) is 2. The average molecular weight is 1510 g/mol. The van der Waals surface area contributed by atoms with Gasteiger partial charge >= 0.3 is 36.1 Å². The molecule has 35 heteroatoms. The molecule has 4 aliphatic carbocycles. The summed E-state index contributed by atoms with van der Waals surface area (Å²) in [5.74, 6) is -14.9. The van der Waals surface area contributed by atoms with Gasteiger partial charge < -0.3 is 49.7 Å². The van der Waals surface area contributed by atoms with E-state index in [0.717, 1.165) is 9.13 Å². The van der Waals surface area contributed by atoms with Crippen molar-refractivity contribution in [3.63, 3.8) is 0 Å². The molecule has 4 bridgehead atoms. The maximum atomic E-state index is 15.2. The Kier molecular flexibility index (Phi) is 24.2. The number of rotatable bonds is 22. The molecular weight excluding hydrogens is 1450 g/mol. The molecule has 8 rings (SSSR count). The van der Waals surface area contributed by atoms with Crippen molar-refractivity contribution in [1.82, 2.24) is 35.7 Å². The van der Waals surface area contributed by atoms with Crippen molar-refractivity contribution >= 4 is 221 Å². The molecule has 12 unspecified atom stereocenters. The highest BCUT2D eigenvalue weighted by Crippen LogP contribution is 2.56. The van der Waals surface area contributed by atoms with Gasteiger partial charge in [-0.3, -0.25) is 43.2 Å². The Morgan fingerprint density at radius 2 is 0.813 bits per heavy atom. The summed E-state index contributed by atoms with van der Waals surface area (Å²) >= 11 is 69.6. The van der Waals surface area contributed by atoms with E-state index in [4.69, 9.17) is 168 Å². The smallest absolute Gasteiger partial charge is 0.418 e. The Balaban J connectivity index is 1.06. The van der Waals surface area contributed by atoms with Crippen molar-refractivity contribution in [2.24, 2.45) is 47.3 Å². The van der Waals surface area contributed by atoms with Crippen LogP contribution in [0, 0.1) is 47.3 Å². The molecule has 91 heavy (non-hydrogen) atoms. The van der Waals surface area contributed by atoms with E-state index in [1.54, 1.807) is 36.4 Å². The van der Waals surface area contributed by atoms with Gasteiger partial charge in [-0.2, -0.15) is 0 Å². The quantitative estimate of drug-likeness (QED) is 0.0212. The first kappa shape index (κ1) is 72.6. The van der Waals surface area contributed by atoms with Gasteiger partial charge in [0.2, 0.25) is 38.8 Å². The van der Waals surface area contributed by atoms with Crippen molar-refractivity contribution in [2.45, 2.75) is 78.0 Å². The minimum absolute atomic E-state index is 0.0360. The number of nitrogens with zero attached hydrogens (tertiary/aromatic N) is 2. The lowest BCUT2D eigenvalue weighted by atomic mass is 9.75. The molecule has 496 valence electrons. The van der Waals surface area contributed by atoms with Crippen LogP contribution in [0.4, 0.5) is 9.59 Å². The van der Waals surface area contributed by atoms with E-state index in [-0.39, 0.29) is 84.5 Å². The Labute approximate surface area is 579 Å². The Hall–Kier alpha value is -4.18. The highest BCUT2D eigenvalue weighted by Gasteiger charge is 2.62. The lowest BCUT2D eigenvalue weighted by Crippen LogP contribution is -2.54. The fourth-order valence-electron chi connectivity index (χ4n) is 12.6. The zero-order valence-electron chi connectivity index (χ0n) is 47.6. The first-order valence-electron chi connectivity index (χ1n) is 28.0. The van der Waals surface area contributed by atoms with E-state index in [1.165, 1.54) is 38.6 Å². The number of amides is 4. The molecular formula is C56H57Cl12N7O16. The highest BCUT2D eigenvalue weighted by atomic mass is 35.6. The van der Waals surface area contributed by atoms with E-state index >= 15 is 9.59 Å². The van der Waals surface area contributed by atoms with Gasteiger partial charge in [-0.25, -0.2) is 19.2 Å². The summed E-state index contributed by atoms with van der Waals surface area (Å²) in [5, 5.41) is 14.2. The first-order valence-corrected chi connectivity index (χ1v) is 32.5.